The summed E-state index contributed by atoms with van der Waals surface area (Å²) in [5.41, 5.74) is 0. The van der Waals surface area contributed by atoms with Gasteiger partial charge >= 0.3 is 5.97 Å². The number of aliphatic carboxylic acids is 1. The second-order valence-electron chi connectivity index (χ2n) is 4.30. The third-order valence-electron chi connectivity index (χ3n) is 2.10. The first kappa shape index (κ1) is 15.3. The van der Waals surface area contributed by atoms with E-state index in [2.05, 4.69) is 4.72 Å². The van der Waals surface area contributed by atoms with E-state index in [9.17, 15) is 13.2 Å². The van der Waals surface area contributed by atoms with E-state index in [0.717, 1.165) is 4.31 Å². The Bertz CT molecular complexity index is 324. The largest absolute Gasteiger partial charge is 0.481 e. The number of rotatable bonds is 7. The highest BCUT2D eigenvalue weighted by Crippen LogP contribution is 2.11. The Morgan fingerprint density at radius 2 is 1.88 bits per heavy atom. The molecule has 0 heterocycles. The Morgan fingerprint density at radius 1 is 1.38 bits per heavy atom. The lowest BCUT2D eigenvalue weighted by molar-refractivity contribution is -0.142. The molecule has 0 radical (unpaired) electrons. The van der Waals surface area contributed by atoms with Crippen LogP contribution in [0.25, 0.3) is 0 Å². The average molecular weight is 252 g/mol. The molecule has 0 aromatic rings. The van der Waals surface area contributed by atoms with E-state index in [1.807, 2.05) is 13.8 Å². The van der Waals surface area contributed by atoms with E-state index >= 15 is 0 Å². The molecule has 7 heteroatoms. The van der Waals surface area contributed by atoms with Crippen LogP contribution in [-0.4, -0.2) is 44.4 Å². The molecular weight excluding hydrogens is 232 g/mol. The molecule has 0 aliphatic heterocycles. The van der Waals surface area contributed by atoms with Crippen molar-refractivity contribution in [3.63, 3.8) is 0 Å². The molecule has 0 saturated heterocycles. The highest BCUT2D eigenvalue weighted by molar-refractivity contribution is 7.87. The van der Waals surface area contributed by atoms with Gasteiger partial charge < -0.3 is 5.11 Å². The molecule has 0 saturated carbocycles. The van der Waals surface area contributed by atoms with Crippen molar-refractivity contribution in [2.75, 3.05) is 20.6 Å². The summed E-state index contributed by atoms with van der Waals surface area (Å²) in [6.45, 7) is 3.72. The zero-order valence-electron chi connectivity index (χ0n) is 10.1. The summed E-state index contributed by atoms with van der Waals surface area (Å²) in [6.07, 6.45) is 0.450. The van der Waals surface area contributed by atoms with E-state index < -0.39 is 22.1 Å². The minimum Gasteiger partial charge on any atom is -0.481 e. The SMILES string of the molecule is CC(C)CC(CNS(=O)(=O)N(C)C)C(=O)O. The molecule has 0 aromatic heterocycles. The molecule has 0 bridgehead atoms. The Balaban J connectivity index is 4.39. The summed E-state index contributed by atoms with van der Waals surface area (Å²) in [4.78, 5) is 10.9. The van der Waals surface area contributed by atoms with Crippen LogP contribution in [0.3, 0.4) is 0 Å². The maximum absolute atomic E-state index is 11.4. The second-order valence-corrected chi connectivity index (χ2v) is 6.27. The molecule has 0 aliphatic rings. The minimum atomic E-state index is -3.54. The number of carboxylic acid groups (broad SMARTS) is 1. The van der Waals surface area contributed by atoms with Gasteiger partial charge in [-0.05, 0) is 12.3 Å². The first-order valence-electron chi connectivity index (χ1n) is 5.06. The quantitative estimate of drug-likeness (QED) is 0.674. The fourth-order valence-corrected chi connectivity index (χ4v) is 1.85. The lowest BCUT2D eigenvalue weighted by Gasteiger charge is -2.17. The van der Waals surface area contributed by atoms with Gasteiger partial charge in [-0.1, -0.05) is 13.8 Å². The molecule has 2 N–H and O–H groups in total. The third-order valence-corrected chi connectivity index (χ3v) is 3.59. The number of carboxylic acids is 1. The van der Waals surface area contributed by atoms with Crippen LogP contribution in [0.1, 0.15) is 20.3 Å². The Hall–Kier alpha value is -0.660. The van der Waals surface area contributed by atoms with Crippen molar-refractivity contribution in [3.8, 4) is 0 Å². The van der Waals surface area contributed by atoms with Gasteiger partial charge in [-0.15, -0.1) is 0 Å². The van der Waals surface area contributed by atoms with Crippen molar-refractivity contribution in [3.05, 3.63) is 0 Å². The topological polar surface area (TPSA) is 86.7 Å². The monoisotopic (exact) mass is 252 g/mol. The van der Waals surface area contributed by atoms with Crippen LogP contribution in [0.4, 0.5) is 0 Å². The number of hydrogen-bond acceptors (Lipinski definition) is 3. The first-order valence-corrected chi connectivity index (χ1v) is 6.50. The lowest BCUT2D eigenvalue weighted by atomic mass is 9.98. The minimum absolute atomic E-state index is 0.0754. The van der Waals surface area contributed by atoms with Gasteiger partial charge in [-0.2, -0.15) is 12.7 Å². The van der Waals surface area contributed by atoms with Crippen molar-refractivity contribution in [1.82, 2.24) is 9.03 Å². The molecule has 0 aromatic carbocycles. The maximum atomic E-state index is 11.4. The van der Waals surface area contributed by atoms with Crippen LogP contribution in [0.2, 0.25) is 0 Å². The summed E-state index contributed by atoms with van der Waals surface area (Å²) in [7, 11) is -0.764. The Kier molecular flexibility index (Phi) is 5.91. The maximum Gasteiger partial charge on any atom is 0.307 e. The number of nitrogens with zero attached hydrogens (tertiary/aromatic N) is 1. The fourth-order valence-electron chi connectivity index (χ4n) is 1.18. The summed E-state index contributed by atoms with van der Waals surface area (Å²) in [5, 5.41) is 8.91. The number of hydrogen-bond donors (Lipinski definition) is 2. The van der Waals surface area contributed by atoms with Crippen molar-refractivity contribution in [2.45, 2.75) is 20.3 Å². The van der Waals surface area contributed by atoms with Crippen molar-refractivity contribution < 1.29 is 18.3 Å². The zero-order valence-corrected chi connectivity index (χ0v) is 10.9. The molecule has 0 spiro atoms. The predicted octanol–water partition coefficient (Wildman–Crippen LogP) is 0.129. The van der Waals surface area contributed by atoms with Crippen LogP contribution in [-0.2, 0) is 15.0 Å². The van der Waals surface area contributed by atoms with Crippen LogP contribution < -0.4 is 4.72 Å². The predicted molar refractivity (Wildman–Crippen MR) is 61.2 cm³/mol. The highest BCUT2D eigenvalue weighted by atomic mass is 32.2. The molecular formula is C9H20N2O4S. The summed E-state index contributed by atoms with van der Waals surface area (Å²) in [5.74, 6) is -1.45. The van der Waals surface area contributed by atoms with E-state index in [0.29, 0.717) is 6.42 Å². The van der Waals surface area contributed by atoms with Gasteiger partial charge in [0.1, 0.15) is 0 Å². The van der Waals surface area contributed by atoms with Crippen molar-refractivity contribution >= 4 is 16.2 Å². The molecule has 0 amide bonds. The molecule has 1 unspecified atom stereocenters. The van der Waals surface area contributed by atoms with E-state index in [4.69, 9.17) is 5.11 Å². The summed E-state index contributed by atoms with van der Waals surface area (Å²) < 4.78 is 26.0. The Labute approximate surface area is 96.8 Å². The second kappa shape index (κ2) is 6.17. The number of nitrogens with one attached hydrogen (secondary N) is 1. The molecule has 0 aliphatic carbocycles. The van der Waals surface area contributed by atoms with Crippen molar-refractivity contribution in [1.29, 1.82) is 0 Å². The average Bonchev–Trinajstić information content (AvgIpc) is 2.10. The van der Waals surface area contributed by atoms with Crippen LogP contribution in [0.15, 0.2) is 0 Å². The van der Waals surface area contributed by atoms with Crippen molar-refractivity contribution in [2.24, 2.45) is 11.8 Å². The summed E-state index contributed by atoms with van der Waals surface area (Å²) in [6, 6.07) is 0. The fraction of sp³-hybridized carbons (Fsp3) is 0.889. The first-order chi connectivity index (χ1) is 7.16. The molecule has 6 nitrogen and oxygen atoms in total. The summed E-state index contributed by atoms with van der Waals surface area (Å²) >= 11 is 0. The number of carbonyl (C=O) groups is 1. The van der Waals surface area contributed by atoms with E-state index in [-0.39, 0.29) is 12.5 Å². The molecule has 16 heavy (non-hydrogen) atoms. The molecule has 96 valence electrons. The Morgan fingerprint density at radius 3 is 2.19 bits per heavy atom. The van der Waals surface area contributed by atoms with Gasteiger partial charge in [0.05, 0.1) is 5.92 Å². The zero-order chi connectivity index (χ0) is 12.9. The molecule has 0 rings (SSSR count). The van der Waals surface area contributed by atoms with Gasteiger partial charge in [0.15, 0.2) is 0 Å². The van der Waals surface area contributed by atoms with Gasteiger partial charge in [0.2, 0.25) is 0 Å². The van der Waals surface area contributed by atoms with E-state index in [1.165, 1.54) is 14.1 Å². The standard InChI is InChI=1S/C9H20N2O4S/c1-7(2)5-8(9(12)13)6-10-16(14,15)11(3)4/h7-8,10H,5-6H2,1-4H3,(H,12,13). The third kappa shape index (κ3) is 5.43. The van der Waals surface area contributed by atoms with Crippen LogP contribution in [0.5, 0.6) is 0 Å². The molecule has 0 fully saturated rings. The van der Waals surface area contributed by atoms with Gasteiger partial charge in [0.25, 0.3) is 10.2 Å². The van der Waals surface area contributed by atoms with Crippen LogP contribution in [0, 0.1) is 11.8 Å². The highest BCUT2D eigenvalue weighted by Gasteiger charge is 2.22. The smallest absolute Gasteiger partial charge is 0.307 e. The van der Waals surface area contributed by atoms with Gasteiger partial charge in [-0.3, -0.25) is 4.79 Å². The van der Waals surface area contributed by atoms with Crippen LogP contribution >= 0.6 is 0 Å². The molecule has 1 atom stereocenters. The van der Waals surface area contributed by atoms with E-state index in [1.54, 1.807) is 0 Å². The van der Waals surface area contributed by atoms with Gasteiger partial charge in [-0.25, -0.2) is 4.72 Å². The normalized spacial score (nSPS) is 14.4. The van der Waals surface area contributed by atoms with Gasteiger partial charge in [0, 0.05) is 20.6 Å². The lowest BCUT2D eigenvalue weighted by Crippen LogP contribution is -2.40.